The van der Waals surface area contributed by atoms with Crippen molar-refractivity contribution in [1.29, 1.82) is 0 Å². The Balaban J connectivity index is 1.66. The van der Waals surface area contributed by atoms with Gasteiger partial charge in [0.25, 0.3) is 0 Å². The first-order chi connectivity index (χ1) is 11.9. The van der Waals surface area contributed by atoms with Crippen LogP contribution in [0.15, 0.2) is 35.2 Å². The highest BCUT2D eigenvalue weighted by molar-refractivity contribution is 7.89. The quantitative estimate of drug-likeness (QED) is 0.893. The summed E-state index contributed by atoms with van der Waals surface area (Å²) < 4.78 is 27.1. The van der Waals surface area contributed by atoms with E-state index in [1.807, 2.05) is 13.0 Å². The Bertz CT molecular complexity index is 697. The van der Waals surface area contributed by atoms with Gasteiger partial charge in [0.2, 0.25) is 15.9 Å². The summed E-state index contributed by atoms with van der Waals surface area (Å²) >= 11 is 0. The molecule has 0 radical (unpaired) electrons. The highest BCUT2D eigenvalue weighted by Crippen LogP contribution is 2.36. The lowest BCUT2D eigenvalue weighted by Crippen LogP contribution is -2.52. The van der Waals surface area contributed by atoms with Crippen molar-refractivity contribution in [2.45, 2.75) is 62.8 Å². The van der Waals surface area contributed by atoms with E-state index >= 15 is 0 Å². The van der Waals surface area contributed by atoms with Gasteiger partial charge >= 0.3 is 0 Å². The molecule has 1 heterocycles. The number of sulfonamides is 1. The summed E-state index contributed by atoms with van der Waals surface area (Å²) in [6.45, 7) is 2.92. The number of carbonyl (C=O) groups is 1. The molecular weight excluding hydrogens is 336 g/mol. The molecule has 1 aliphatic carbocycles. The van der Waals surface area contributed by atoms with E-state index in [1.54, 1.807) is 24.3 Å². The fourth-order valence-electron chi connectivity index (χ4n) is 3.94. The van der Waals surface area contributed by atoms with Gasteiger partial charge in [0.15, 0.2) is 0 Å². The van der Waals surface area contributed by atoms with Crippen LogP contribution >= 0.6 is 0 Å². The van der Waals surface area contributed by atoms with Gasteiger partial charge in [0, 0.05) is 24.5 Å². The fraction of sp³-hybridized carbons (Fsp3) is 0.632. The van der Waals surface area contributed by atoms with Gasteiger partial charge in [0.05, 0.1) is 4.90 Å². The predicted octanol–water partition coefficient (Wildman–Crippen LogP) is 2.93. The molecule has 1 atom stereocenters. The van der Waals surface area contributed by atoms with Crippen LogP contribution in [-0.2, 0) is 14.8 Å². The van der Waals surface area contributed by atoms with E-state index < -0.39 is 10.0 Å². The molecule has 5 nitrogen and oxygen atoms in total. The molecule has 2 aliphatic rings. The Labute approximate surface area is 150 Å². The fourth-order valence-corrected chi connectivity index (χ4v) is 5.48. The molecule has 25 heavy (non-hydrogen) atoms. The third-order valence-corrected chi connectivity index (χ3v) is 7.48. The molecule has 1 N–H and O–H groups in total. The smallest absolute Gasteiger partial charge is 0.243 e. The molecule has 1 saturated heterocycles. The van der Waals surface area contributed by atoms with E-state index in [0.717, 1.165) is 38.5 Å². The summed E-state index contributed by atoms with van der Waals surface area (Å²) in [6.07, 6.45) is 6.87. The lowest BCUT2D eigenvalue weighted by Gasteiger charge is -2.37. The maximum absolute atomic E-state index is 12.8. The summed E-state index contributed by atoms with van der Waals surface area (Å²) in [7, 11) is -3.49. The van der Waals surface area contributed by atoms with E-state index in [1.165, 1.54) is 10.7 Å². The van der Waals surface area contributed by atoms with Gasteiger partial charge in [-0.05, 0) is 37.8 Å². The first-order valence-corrected chi connectivity index (χ1v) is 10.7. The van der Waals surface area contributed by atoms with Gasteiger partial charge < -0.3 is 5.32 Å². The second-order valence-corrected chi connectivity index (χ2v) is 9.55. The zero-order valence-electron chi connectivity index (χ0n) is 14.9. The van der Waals surface area contributed by atoms with Crippen LogP contribution < -0.4 is 5.32 Å². The number of nitrogens with one attached hydrogen (secondary N) is 1. The molecule has 138 valence electrons. The lowest BCUT2D eigenvalue weighted by molar-refractivity contribution is -0.132. The van der Waals surface area contributed by atoms with Gasteiger partial charge in [0.1, 0.15) is 0 Å². The van der Waals surface area contributed by atoms with Crippen LogP contribution in [0, 0.1) is 5.41 Å². The van der Waals surface area contributed by atoms with E-state index in [-0.39, 0.29) is 17.4 Å². The van der Waals surface area contributed by atoms with Crippen molar-refractivity contribution in [1.82, 2.24) is 9.62 Å². The average Bonchev–Trinajstić information content (AvgIpc) is 2.63. The largest absolute Gasteiger partial charge is 0.352 e. The molecular formula is C19H28N2O3S. The molecule has 1 saturated carbocycles. The summed E-state index contributed by atoms with van der Waals surface area (Å²) in [6, 6.07) is 8.43. The molecule has 0 aromatic heterocycles. The third kappa shape index (κ3) is 4.06. The minimum absolute atomic E-state index is 0.0937. The molecule has 3 rings (SSSR count). The zero-order chi connectivity index (χ0) is 17.9. The molecule has 0 spiro atoms. The summed E-state index contributed by atoms with van der Waals surface area (Å²) in [5.74, 6) is 0.0937. The monoisotopic (exact) mass is 364 g/mol. The summed E-state index contributed by atoms with van der Waals surface area (Å²) in [5, 5.41) is 3.14. The standard InChI is InChI=1S/C19H28N2O3S/c1-19(12-6-3-7-13-19)18(22)20-16-9-8-14-21(15-16)25(23,24)17-10-4-2-5-11-17/h2,4-5,10-11,16H,3,6-9,12-15H2,1H3,(H,20,22)/t16-/m1/s1. The lowest BCUT2D eigenvalue weighted by atomic mass is 9.75. The molecule has 1 aromatic rings. The molecule has 0 bridgehead atoms. The Kier molecular flexibility index (Phi) is 5.49. The third-order valence-electron chi connectivity index (χ3n) is 5.61. The van der Waals surface area contributed by atoms with Gasteiger partial charge in [-0.1, -0.05) is 44.4 Å². The predicted molar refractivity (Wildman–Crippen MR) is 97.6 cm³/mol. The minimum Gasteiger partial charge on any atom is -0.352 e. The van der Waals surface area contributed by atoms with Crippen molar-refractivity contribution >= 4 is 15.9 Å². The second kappa shape index (κ2) is 7.46. The zero-order valence-corrected chi connectivity index (χ0v) is 15.7. The minimum atomic E-state index is -3.49. The number of piperidine rings is 1. The number of hydrogen-bond acceptors (Lipinski definition) is 3. The van der Waals surface area contributed by atoms with Crippen molar-refractivity contribution in [3.63, 3.8) is 0 Å². The number of amides is 1. The Morgan fingerprint density at radius 1 is 1.12 bits per heavy atom. The topological polar surface area (TPSA) is 66.5 Å². The number of nitrogens with zero attached hydrogens (tertiary/aromatic N) is 1. The Morgan fingerprint density at radius 3 is 2.48 bits per heavy atom. The normalized spacial score (nSPS) is 24.6. The Hall–Kier alpha value is -1.40. The molecule has 1 aromatic carbocycles. The van der Waals surface area contributed by atoms with Crippen LogP contribution in [0.3, 0.4) is 0 Å². The van der Waals surface area contributed by atoms with Crippen LogP contribution in [0.4, 0.5) is 0 Å². The van der Waals surface area contributed by atoms with Gasteiger partial charge in [-0.25, -0.2) is 8.42 Å². The van der Waals surface area contributed by atoms with Crippen LogP contribution in [0.5, 0.6) is 0 Å². The number of hydrogen-bond donors (Lipinski definition) is 1. The first-order valence-electron chi connectivity index (χ1n) is 9.28. The van der Waals surface area contributed by atoms with Crippen LogP contribution in [0.1, 0.15) is 51.9 Å². The molecule has 1 aliphatic heterocycles. The van der Waals surface area contributed by atoms with Gasteiger partial charge in [-0.3, -0.25) is 4.79 Å². The SMILES string of the molecule is CC1(C(=O)N[C@@H]2CCCN(S(=O)(=O)c3ccccc3)C2)CCCCC1. The van der Waals surface area contributed by atoms with Gasteiger partial charge in [-0.15, -0.1) is 0 Å². The Morgan fingerprint density at radius 2 is 1.80 bits per heavy atom. The number of rotatable bonds is 4. The number of carbonyl (C=O) groups excluding carboxylic acids is 1. The number of benzene rings is 1. The van der Waals surface area contributed by atoms with E-state index in [9.17, 15) is 13.2 Å². The second-order valence-electron chi connectivity index (χ2n) is 7.61. The van der Waals surface area contributed by atoms with Crippen molar-refractivity contribution in [2.75, 3.05) is 13.1 Å². The maximum Gasteiger partial charge on any atom is 0.243 e. The van der Waals surface area contributed by atoms with Crippen molar-refractivity contribution in [3.05, 3.63) is 30.3 Å². The molecule has 2 fully saturated rings. The average molecular weight is 365 g/mol. The highest BCUT2D eigenvalue weighted by atomic mass is 32.2. The van der Waals surface area contributed by atoms with E-state index in [4.69, 9.17) is 0 Å². The van der Waals surface area contributed by atoms with E-state index in [2.05, 4.69) is 5.32 Å². The van der Waals surface area contributed by atoms with Gasteiger partial charge in [-0.2, -0.15) is 4.31 Å². The summed E-state index contributed by atoms with van der Waals surface area (Å²) in [4.78, 5) is 13.1. The first kappa shape index (κ1) is 18.4. The highest BCUT2D eigenvalue weighted by Gasteiger charge is 2.37. The van der Waals surface area contributed by atoms with Crippen LogP contribution in [-0.4, -0.2) is 37.8 Å². The van der Waals surface area contributed by atoms with Crippen LogP contribution in [0.2, 0.25) is 0 Å². The summed E-state index contributed by atoms with van der Waals surface area (Å²) in [5.41, 5.74) is -0.293. The maximum atomic E-state index is 12.8. The van der Waals surface area contributed by atoms with Crippen molar-refractivity contribution in [2.24, 2.45) is 5.41 Å². The molecule has 6 heteroatoms. The molecule has 0 unspecified atom stereocenters. The molecule has 1 amide bonds. The van der Waals surface area contributed by atoms with Crippen LogP contribution in [0.25, 0.3) is 0 Å². The van der Waals surface area contributed by atoms with Crippen molar-refractivity contribution in [3.8, 4) is 0 Å². The van der Waals surface area contributed by atoms with E-state index in [0.29, 0.717) is 18.0 Å². The van der Waals surface area contributed by atoms with Crippen molar-refractivity contribution < 1.29 is 13.2 Å².